The number of carbonyl (C=O) groups is 3. The molecule has 4 rings (SSSR count). The monoisotopic (exact) mass is 551 g/mol. The zero-order valence-corrected chi connectivity index (χ0v) is 23.0. The maximum absolute atomic E-state index is 13.5. The summed E-state index contributed by atoms with van der Waals surface area (Å²) >= 11 is 0. The van der Waals surface area contributed by atoms with Crippen molar-refractivity contribution in [3.8, 4) is 5.75 Å². The Hall–Kier alpha value is -4.95. The lowest BCUT2D eigenvalue weighted by molar-refractivity contribution is -0.137. The molecule has 0 saturated heterocycles. The number of H-pyrrole nitrogens is 1. The zero-order chi connectivity index (χ0) is 29.2. The largest absolute Gasteiger partial charge is 0.426 e. The number of hydrogen-bond acceptors (Lipinski definition) is 5. The van der Waals surface area contributed by atoms with Crippen molar-refractivity contribution in [1.82, 2.24) is 15.4 Å². The van der Waals surface area contributed by atoms with Crippen LogP contribution in [0.2, 0.25) is 0 Å². The van der Waals surface area contributed by atoms with Crippen LogP contribution in [-0.2, 0) is 27.3 Å². The van der Waals surface area contributed by atoms with E-state index in [1.54, 1.807) is 54.6 Å². The molecule has 0 atom stereocenters. The number of aromatic amines is 1. The van der Waals surface area contributed by atoms with E-state index in [0.29, 0.717) is 30.8 Å². The molecule has 0 unspecified atom stereocenters. The molecule has 1 heterocycles. The van der Waals surface area contributed by atoms with Gasteiger partial charge in [0.15, 0.2) is 0 Å². The zero-order valence-electron chi connectivity index (χ0n) is 23.0. The van der Waals surface area contributed by atoms with Crippen LogP contribution >= 0.6 is 0 Å². The number of nitrogens with one attached hydrogen (secondary N) is 2. The van der Waals surface area contributed by atoms with Gasteiger partial charge in [0.2, 0.25) is 5.91 Å². The summed E-state index contributed by atoms with van der Waals surface area (Å²) in [6.07, 6.45) is 8.62. The lowest BCUT2D eigenvalue weighted by Crippen LogP contribution is -2.31. The van der Waals surface area contributed by atoms with Crippen molar-refractivity contribution in [2.45, 2.75) is 26.8 Å². The van der Waals surface area contributed by atoms with E-state index in [4.69, 9.17) is 9.94 Å². The van der Waals surface area contributed by atoms with Crippen LogP contribution in [0, 0.1) is 5.92 Å². The molecule has 0 saturated carbocycles. The van der Waals surface area contributed by atoms with Gasteiger partial charge in [0.25, 0.3) is 5.91 Å². The van der Waals surface area contributed by atoms with Crippen molar-refractivity contribution in [1.29, 1.82) is 0 Å². The second-order valence-electron chi connectivity index (χ2n) is 9.87. The van der Waals surface area contributed by atoms with Crippen LogP contribution in [-0.4, -0.2) is 39.4 Å². The Morgan fingerprint density at radius 2 is 1.68 bits per heavy atom. The van der Waals surface area contributed by atoms with E-state index in [0.717, 1.165) is 27.6 Å². The lowest BCUT2D eigenvalue weighted by atomic mass is 10.1. The highest BCUT2D eigenvalue weighted by Gasteiger charge is 2.15. The van der Waals surface area contributed by atoms with E-state index >= 15 is 0 Å². The van der Waals surface area contributed by atoms with Gasteiger partial charge in [-0.15, -0.1) is 0 Å². The molecular weight excluding hydrogens is 518 g/mol. The van der Waals surface area contributed by atoms with Gasteiger partial charge in [-0.1, -0.05) is 74.5 Å². The maximum Gasteiger partial charge on any atom is 0.313 e. The van der Waals surface area contributed by atoms with Crippen molar-refractivity contribution in [3.05, 3.63) is 113 Å². The molecule has 0 aliphatic heterocycles. The van der Waals surface area contributed by atoms with Crippen molar-refractivity contribution in [2.75, 3.05) is 6.54 Å². The van der Waals surface area contributed by atoms with E-state index < -0.39 is 5.91 Å². The number of hydrogen-bond donors (Lipinski definition) is 3. The first-order valence-electron chi connectivity index (χ1n) is 13.4. The average Bonchev–Trinajstić information content (AvgIpc) is 3.41. The summed E-state index contributed by atoms with van der Waals surface area (Å²) in [6, 6.07) is 22.6. The molecule has 3 N–H and O–H groups in total. The molecule has 2 amide bonds. The number of fused-ring (bicyclic) bond motifs is 1. The fourth-order valence-electron chi connectivity index (χ4n) is 4.23. The van der Waals surface area contributed by atoms with Gasteiger partial charge in [-0.05, 0) is 47.4 Å². The molecule has 0 aliphatic rings. The Kier molecular flexibility index (Phi) is 9.85. The molecule has 8 nitrogen and oxygen atoms in total. The molecule has 0 radical (unpaired) electrons. The first-order valence-corrected chi connectivity index (χ1v) is 13.4. The van der Waals surface area contributed by atoms with Crippen molar-refractivity contribution in [2.24, 2.45) is 5.92 Å². The predicted octanol–water partition coefficient (Wildman–Crippen LogP) is 5.53. The predicted molar refractivity (Wildman–Crippen MR) is 159 cm³/mol. The Bertz CT molecular complexity index is 1570. The molecule has 41 heavy (non-hydrogen) atoms. The highest BCUT2D eigenvalue weighted by molar-refractivity contribution is 5.93. The molecule has 4 aromatic rings. The molecule has 8 heteroatoms. The molecular formula is C33H33N3O5. The van der Waals surface area contributed by atoms with Gasteiger partial charge >= 0.3 is 5.97 Å². The van der Waals surface area contributed by atoms with Gasteiger partial charge in [-0.3, -0.25) is 19.6 Å². The number of benzene rings is 3. The summed E-state index contributed by atoms with van der Waals surface area (Å²) in [5.74, 6) is -1.01. The highest BCUT2D eigenvalue weighted by atomic mass is 16.5. The Balaban J connectivity index is 1.54. The third kappa shape index (κ3) is 8.03. The molecule has 0 bridgehead atoms. The number of carbonyl (C=O) groups excluding carboxylic acids is 3. The summed E-state index contributed by atoms with van der Waals surface area (Å²) in [6.45, 7) is 4.39. The molecule has 3 aromatic carbocycles. The van der Waals surface area contributed by atoms with Gasteiger partial charge in [0, 0.05) is 47.9 Å². The summed E-state index contributed by atoms with van der Waals surface area (Å²) in [7, 11) is 0. The number of nitrogens with zero attached hydrogens (tertiary/aromatic N) is 1. The van der Waals surface area contributed by atoms with Gasteiger partial charge in [-0.25, -0.2) is 5.48 Å². The van der Waals surface area contributed by atoms with E-state index in [9.17, 15) is 14.4 Å². The summed E-state index contributed by atoms with van der Waals surface area (Å²) in [5.41, 5.74) is 6.06. The number of esters is 1. The summed E-state index contributed by atoms with van der Waals surface area (Å²) in [5, 5.41) is 9.78. The number of rotatable bonds is 11. The van der Waals surface area contributed by atoms with Crippen LogP contribution in [0.3, 0.4) is 0 Å². The topological polar surface area (TPSA) is 112 Å². The highest BCUT2D eigenvalue weighted by Crippen LogP contribution is 2.22. The van der Waals surface area contributed by atoms with E-state index in [1.165, 1.54) is 12.2 Å². The quantitative estimate of drug-likeness (QED) is 0.0746. The lowest BCUT2D eigenvalue weighted by Gasteiger charge is -2.22. The second kappa shape index (κ2) is 13.9. The van der Waals surface area contributed by atoms with Crippen LogP contribution < -0.4 is 10.2 Å². The average molecular weight is 552 g/mol. The van der Waals surface area contributed by atoms with Crippen LogP contribution in [0.25, 0.3) is 23.1 Å². The standard InChI is InChI=1S/C33H33N3O5/c1-23(2)33(39)41-30-10-6-3-7-26(30)16-18-32(38)36(20-19-27-21-34-29-9-5-4-8-28(27)29)22-25-13-11-24(12-14-25)15-17-31(37)35-40/h3-18,21,23,34,40H,19-20,22H2,1-2H3,(H,35,37)/b17-15+,18-16+. The van der Waals surface area contributed by atoms with E-state index in [-0.39, 0.29) is 17.8 Å². The van der Waals surface area contributed by atoms with Gasteiger partial charge in [0.1, 0.15) is 5.75 Å². The van der Waals surface area contributed by atoms with Crippen LogP contribution in [0.15, 0.2) is 91.1 Å². The number of amides is 2. The molecule has 0 aliphatic carbocycles. The summed E-state index contributed by atoms with van der Waals surface area (Å²) in [4.78, 5) is 42.0. The molecule has 210 valence electrons. The number of hydroxylamine groups is 1. The Labute approximate surface area is 238 Å². The van der Waals surface area contributed by atoms with Crippen molar-refractivity contribution in [3.63, 3.8) is 0 Å². The molecule has 0 fully saturated rings. The van der Waals surface area contributed by atoms with Crippen LogP contribution in [0.4, 0.5) is 0 Å². The smallest absolute Gasteiger partial charge is 0.313 e. The minimum atomic E-state index is -0.615. The van der Waals surface area contributed by atoms with E-state index in [2.05, 4.69) is 11.1 Å². The minimum absolute atomic E-state index is 0.182. The van der Waals surface area contributed by atoms with E-state index in [1.807, 2.05) is 54.7 Å². The first kappa shape index (κ1) is 29.0. The SMILES string of the molecule is CC(C)C(=O)Oc1ccccc1/C=C/C(=O)N(CCc1c[nH]c2ccccc12)Cc1ccc(/C=C/C(=O)NO)cc1. The number of para-hydroxylation sites is 2. The fourth-order valence-corrected chi connectivity index (χ4v) is 4.23. The number of ether oxygens (including phenoxy) is 1. The Morgan fingerprint density at radius 3 is 2.44 bits per heavy atom. The van der Waals surface area contributed by atoms with Crippen molar-refractivity contribution >= 4 is 40.8 Å². The van der Waals surface area contributed by atoms with Gasteiger partial charge in [0.05, 0.1) is 5.92 Å². The normalized spacial score (nSPS) is 11.4. The van der Waals surface area contributed by atoms with Crippen molar-refractivity contribution < 1.29 is 24.3 Å². The maximum atomic E-state index is 13.5. The fraction of sp³-hybridized carbons (Fsp3) is 0.182. The van der Waals surface area contributed by atoms with Gasteiger partial charge < -0.3 is 14.6 Å². The summed E-state index contributed by atoms with van der Waals surface area (Å²) < 4.78 is 5.52. The molecule has 0 spiro atoms. The Morgan fingerprint density at radius 1 is 0.951 bits per heavy atom. The third-order valence-corrected chi connectivity index (χ3v) is 6.53. The third-order valence-electron chi connectivity index (χ3n) is 6.53. The minimum Gasteiger partial charge on any atom is -0.426 e. The van der Waals surface area contributed by atoms with Crippen LogP contribution in [0.5, 0.6) is 5.75 Å². The van der Waals surface area contributed by atoms with Crippen LogP contribution in [0.1, 0.15) is 36.1 Å². The second-order valence-corrected chi connectivity index (χ2v) is 9.87. The first-order chi connectivity index (χ1) is 19.8. The van der Waals surface area contributed by atoms with Gasteiger partial charge in [-0.2, -0.15) is 0 Å². The molecule has 1 aromatic heterocycles. The number of aromatic nitrogens is 1.